The van der Waals surface area contributed by atoms with Gasteiger partial charge in [-0.05, 0) is 31.4 Å². The molecule has 2 aromatic heterocycles. The molecule has 0 aliphatic heterocycles. The molecule has 0 spiro atoms. The number of hydrogen-bond donors (Lipinski definition) is 2. The minimum atomic E-state index is 0.499. The van der Waals surface area contributed by atoms with Crippen molar-refractivity contribution < 1.29 is 4.42 Å². The van der Waals surface area contributed by atoms with Crippen molar-refractivity contribution in [3.05, 3.63) is 27.8 Å². The van der Waals surface area contributed by atoms with Crippen molar-refractivity contribution in [3.8, 4) is 0 Å². The van der Waals surface area contributed by atoms with Crippen LogP contribution in [0.3, 0.4) is 0 Å². The van der Waals surface area contributed by atoms with Gasteiger partial charge in [0, 0.05) is 15.8 Å². The van der Waals surface area contributed by atoms with Crippen molar-refractivity contribution in [2.45, 2.75) is 45.3 Å². The molecule has 0 amide bonds. The van der Waals surface area contributed by atoms with E-state index in [0.29, 0.717) is 24.5 Å². The molecular weight excluding hydrogens is 260 g/mol. The molecule has 3 rings (SSSR count). The number of anilines is 1. The van der Waals surface area contributed by atoms with Gasteiger partial charge in [0.05, 0.1) is 13.1 Å². The van der Waals surface area contributed by atoms with E-state index < -0.39 is 0 Å². The summed E-state index contributed by atoms with van der Waals surface area (Å²) in [6.07, 6.45) is 3.61. The normalized spacial score (nSPS) is 14.8. The average Bonchev–Trinajstić information content (AvgIpc) is 2.97. The maximum absolute atomic E-state index is 5.53. The fourth-order valence-corrected chi connectivity index (χ4v) is 2.68. The van der Waals surface area contributed by atoms with Crippen LogP contribution in [0.5, 0.6) is 0 Å². The third-order valence-corrected chi connectivity index (χ3v) is 4.30. The predicted octanol–water partition coefficient (Wildman–Crippen LogP) is 2.56. The zero-order valence-electron chi connectivity index (χ0n) is 11.0. The molecule has 1 aliphatic rings. The fourth-order valence-electron chi connectivity index (χ4n) is 1.79. The van der Waals surface area contributed by atoms with E-state index in [9.17, 15) is 0 Å². The highest BCUT2D eigenvalue weighted by atomic mass is 32.1. The molecule has 0 saturated heterocycles. The Labute approximate surface area is 116 Å². The quantitative estimate of drug-likeness (QED) is 0.815. The highest BCUT2D eigenvalue weighted by Crippen LogP contribution is 2.20. The molecule has 1 aliphatic carbocycles. The molecule has 2 N–H and O–H groups in total. The van der Waals surface area contributed by atoms with Crippen LogP contribution in [0.1, 0.15) is 35.4 Å². The van der Waals surface area contributed by atoms with Crippen LogP contribution >= 0.6 is 11.3 Å². The Morgan fingerprint density at radius 1 is 1.26 bits per heavy atom. The Bertz CT molecular complexity index is 532. The van der Waals surface area contributed by atoms with Gasteiger partial charge < -0.3 is 15.1 Å². The molecule has 0 unspecified atom stereocenters. The highest BCUT2D eigenvalue weighted by Gasteiger charge is 2.21. The van der Waals surface area contributed by atoms with Gasteiger partial charge in [-0.3, -0.25) is 0 Å². The summed E-state index contributed by atoms with van der Waals surface area (Å²) < 4.78 is 5.53. The molecule has 2 aromatic rings. The third kappa shape index (κ3) is 3.54. The molecule has 0 radical (unpaired) electrons. The first-order chi connectivity index (χ1) is 9.33. The first kappa shape index (κ1) is 12.6. The van der Waals surface area contributed by atoms with E-state index in [2.05, 4.69) is 39.9 Å². The van der Waals surface area contributed by atoms with Crippen molar-refractivity contribution in [2.75, 3.05) is 5.32 Å². The zero-order valence-corrected chi connectivity index (χ0v) is 11.8. The number of thiophene rings is 1. The summed E-state index contributed by atoms with van der Waals surface area (Å²) in [5.41, 5.74) is 0. The number of hydrogen-bond acceptors (Lipinski definition) is 6. The fraction of sp³-hybridized carbons (Fsp3) is 0.538. The summed E-state index contributed by atoms with van der Waals surface area (Å²) >= 11 is 1.82. The Morgan fingerprint density at radius 2 is 2.11 bits per heavy atom. The van der Waals surface area contributed by atoms with Crippen molar-refractivity contribution >= 4 is 17.4 Å². The zero-order chi connectivity index (χ0) is 13.1. The van der Waals surface area contributed by atoms with E-state index in [1.54, 1.807) is 0 Å². The van der Waals surface area contributed by atoms with Gasteiger partial charge in [-0.15, -0.1) is 16.4 Å². The SMILES string of the molecule is CCc1ccc(CNc2nnc(CNC3CC3)o2)s1. The van der Waals surface area contributed by atoms with Gasteiger partial charge in [0.25, 0.3) is 0 Å². The third-order valence-electron chi connectivity index (χ3n) is 3.07. The summed E-state index contributed by atoms with van der Waals surface area (Å²) in [4.78, 5) is 2.68. The maximum Gasteiger partial charge on any atom is 0.315 e. The largest absolute Gasteiger partial charge is 0.407 e. The standard InChI is InChI=1S/C13H18N4OS/c1-2-10-5-6-11(19-10)7-15-13-17-16-12(18-13)8-14-9-3-4-9/h5-6,9,14H,2-4,7-8H2,1H3,(H,15,17). The van der Waals surface area contributed by atoms with E-state index in [1.165, 1.54) is 22.6 Å². The molecule has 1 saturated carbocycles. The van der Waals surface area contributed by atoms with Crippen molar-refractivity contribution in [1.29, 1.82) is 0 Å². The molecule has 102 valence electrons. The van der Waals surface area contributed by atoms with Crippen molar-refractivity contribution in [3.63, 3.8) is 0 Å². The van der Waals surface area contributed by atoms with Gasteiger partial charge in [-0.1, -0.05) is 12.0 Å². The van der Waals surface area contributed by atoms with E-state index in [1.807, 2.05) is 11.3 Å². The molecule has 0 atom stereocenters. The molecule has 0 aromatic carbocycles. The van der Waals surface area contributed by atoms with E-state index in [0.717, 1.165) is 13.0 Å². The summed E-state index contributed by atoms with van der Waals surface area (Å²) in [7, 11) is 0. The Morgan fingerprint density at radius 3 is 2.84 bits per heavy atom. The van der Waals surface area contributed by atoms with Crippen LogP contribution in [0.4, 0.5) is 6.01 Å². The Hall–Kier alpha value is -1.40. The lowest BCUT2D eigenvalue weighted by Gasteiger charge is -1.98. The van der Waals surface area contributed by atoms with Crippen LogP contribution in [-0.2, 0) is 19.5 Å². The Kier molecular flexibility index (Phi) is 3.79. The number of nitrogens with zero attached hydrogens (tertiary/aromatic N) is 2. The van der Waals surface area contributed by atoms with Crippen LogP contribution in [0.15, 0.2) is 16.5 Å². The molecule has 6 heteroatoms. The van der Waals surface area contributed by atoms with Crippen molar-refractivity contribution in [2.24, 2.45) is 0 Å². The highest BCUT2D eigenvalue weighted by molar-refractivity contribution is 7.12. The minimum Gasteiger partial charge on any atom is -0.407 e. The lowest BCUT2D eigenvalue weighted by molar-refractivity contribution is 0.476. The molecule has 19 heavy (non-hydrogen) atoms. The summed E-state index contributed by atoms with van der Waals surface area (Å²) in [5, 5.41) is 14.5. The van der Waals surface area contributed by atoms with E-state index in [-0.39, 0.29) is 0 Å². The second kappa shape index (κ2) is 5.71. The first-order valence-electron chi connectivity index (χ1n) is 6.70. The van der Waals surface area contributed by atoms with Crippen LogP contribution in [0, 0.1) is 0 Å². The van der Waals surface area contributed by atoms with Gasteiger partial charge in [0.2, 0.25) is 5.89 Å². The van der Waals surface area contributed by atoms with E-state index in [4.69, 9.17) is 4.42 Å². The topological polar surface area (TPSA) is 63.0 Å². The van der Waals surface area contributed by atoms with Crippen LogP contribution in [-0.4, -0.2) is 16.2 Å². The lowest BCUT2D eigenvalue weighted by atomic mass is 10.4. The molecular formula is C13H18N4OS. The van der Waals surface area contributed by atoms with Crippen molar-refractivity contribution in [1.82, 2.24) is 15.5 Å². The first-order valence-corrected chi connectivity index (χ1v) is 7.52. The lowest BCUT2D eigenvalue weighted by Crippen LogP contribution is -2.15. The van der Waals surface area contributed by atoms with Gasteiger partial charge in [-0.25, -0.2) is 0 Å². The summed E-state index contributed by atoms with van der Waals surface area (Å²) in [6.45, 7) is 3.57. The number of aromatic nitrogens is 2. The van der Waals surface area contributed by atoms with Gasteiger partial charge in [0.1, 0.15) is 0 Å². The van der Waals surface area contributed by atoms with Crippen LogP contribution in [0.25, 0.3) is 0 Å². The second-order valence-electron chi connectivity index (χ2n) is 4.73. The number of aryl methyl sites for hydroxylation is 1. The Balaban J connectivity index is 1.48. The number of rotatable bonds is 7. The van der Waals surface area contributed by atoms with Crippen LogP contribution in [0.2, 0.25) is 0 Å². The average molecular weight is 278 g/mol. The smallest absolute Gasteiger partial charge is 0.315 e. The predicted molar refractivity (Wildman–Crippen MR) is 75.2 cm³/mol. The summed E-state index contributed by atoms with van der Waals surface area (Å²) in [6, 6.07) is 5.46. The second-order valence-corrected chi connectivity index (χ2v) is 5.98. The number of nitrogens with one attached hydrogen (secondary N) is 2. The van der Waals surface area contributed by atoms with Gasteiger partial charge >= 0.3 is 6.01 Å². The monoisotopic (exact) mass is 278 g/mol. The van der Waals surface area contributed by atoms with Crippen LogP contribution < -0.4 is 10.6 Å². The van der Waals surface area contributed by atoms with Gasteiger partial charge in [0.15, 0.2) is 0 Å². The van der Waals surface area contributed by atoms with E-state index >= 15 is 0 Å². The minimum absolute atomic E-state index is 0.499. The molecule has 0 bridgehead atoms. The maximum atomic E-state index is 5.53. The van der Waals surface area contributed by atoms with Gasteiger partial charge in [-0.2, -0.15) is 0 Å². The summed E-state index contributed by atoms with van der Waals surface area (Å²) in [5.74, 6) is 0.648. The molecule has 5 nitrogen and oxygen atoms in total. The molecule has 2 heterocycles. The molecule has 1 fully saturated rings.